The van der Waals surface area contributed by atoms with Crippen molar-refractivity contribution in [3.05, 3.63) is 32.3 Å². The Labute approximate surface area is 94.6 Å². The van der Waals surface area contributed by atoms with E-state index >= 15 is 0 Å². The normalized spacial score (nSPS) is 9.40. The second kappa shape index (κ2) is 4.75. The quantitative estimate of drug-likeness (QED) is 0.624. The van der Waals surface area contributed by atoms with Crippen LogP contribution in [0.4, 0.5) is 5.69 Å². The van der Waals surface area contributed by atoms with Crippen molar-refractivity contribution < 1.29 is 9.66 Å². The Bertz CT molecular complexity index is 440. The molecule has 0 aliphatic rings. The zero-order valence-electron chi connectivity index (χ0n) is 7.86. The fraction of sp³-hybridized carbons (Fsp3) is 0.222. The minimum Gasteiger partial charge on any atom is -0.490 e. The third-order valence-electron chi connectivity index (χ3n) is 1.79. The fourth-order valence-electron chi connectivity index (χ4n) is 1.21. The van der Waals surface area contributed by atoms with E-state index in [1.165, 1.54) is 13.2 Å². The highest BCUT2D eigenvalue weighted by molar-refractivity contribution is 9.10. The standard InChI is InChI=1S/C9H7BrN2O3/c1-15-8-5-7(10)4-6(2-3-11)9(8)12(13)14/h4-5H,2H2,1H3. The molecule has 1 aromatic carbocycles. The third-order valence-corrected chi connectivity index (χ3v) is 2.25. The van der Waals surface area contributed by atoms with Crippen LogP contribution in [0.5, 0.6) is 5.75 Å². The van der Waals surface area contributed by atoms with Gasteiger partial charge in [0.2, 0.25) is 0 Å². The van der Waals surface area contributed by atoms with Crippen molar-refractivity contribution in [3.63, 3.8) is 0 Å². The van der Waals surface area contributed by atoms with Gasteiger partial charge in [-0.05, 0) is 6.07 Å². The van der Waals surface area contributed by atoms with Crippen LogP contribution in [-0.4, -0.2) is 12.0 Å². The van der Waals surface area contributed by atoms with E-state index in [9.17, 15) is 10.1 Å². The lowest BCUT2D eigenvalue weighted by Crippen LogP contribution is -1.98. The van der Waals surface area contributed by atoms with Gasteiger partial charge in [0.15, 0.2) is 5.75 Å². The van der Waals surface area contributed by atoms with E-state index in [0.29, 0.717) is 10.0 Å². The Balaban J connectivity index is 3.41. The summed E-state index contributed by atoms with van der Waals surface area (Å²) in [6.07, 6.45) is -0.0217. The molecule has 15 heavy (non-hydrogen) atoms. The fourth-order valence-corrected chi connectivity index (χ4v) is 1.70. The van der Waals surface area contributed by atoms with Crippen molar-refractivity contribution >= 4 is 21.6 Å². The Morgan fingerprint density at radius 3 is 2.80 bits per heavy atom. The van der Waals surface area contributed by atoms with E-state index in [1.54, 1.807) is 6.07 Å². The second-order valence-electron chi connectivity index (χ2n) is 2.71. The van der Waals surface area contributed by atoms with Gasteiger partial charge in [-0.15, -0.1) is 0 Å². The Morgan fingerprint density at radius 2 is 2.33 bits per heavy atom. The number of nitro benzene ring substituents is 1. The first-order valence-electron chi connectivity index (χ1n) is 3.98. The molecule has 0 bridgehead atoms. The molecule has 78 valence electrons. The first-order valence-corrected chi connectivity index (χ1v) is 4.77. The van der Waals surface area contributed by atoms with Gasteiger partial charge in [0.1, 0.15) is 0 Å². The number of nitrogens with zero attached hydrogens (tertiary/aromatic N) is 2. The van der Waals surface area contributed by atoms with E-state index in [1.807, 2.05) is 6.07 Å². The molecule has 0 saturated heterocycles. The molecule has 0 fully saturated rings. The van der Waals surface area contributed by atoms with Crippen LogP contribution in [0.3, 0.4) is 0 Å². The lowest BCUT2D eigenvalue weighted by atomic mass is 10.1. The monoisotopic (exact) mass is 270 g/mol. The average Bonchev–Trinajstić information content (AvgIpc) is 2.16. The predicted molar refractivity (Wildman–Crippen MR) is 56.7 cm³/mol. The van der Waals surface area contributed by atoms with Crippen LogP contribution in [0.1, 0.15) is 5.56 Å². The second-order valence-corrected chi connectivity index (χ2v) is 3.62. The summed E-state index contributed by atoms with van der Waals surface area (Å²) in [6.45, 7) is 0. The van der Waals surface area contributed by atoms with Gasteiger partial charge >= 0.3 is 5.69 Å². The third kappa shape index (κ3) is 2.44. The molecule has 0 unspecified atom stereocenters. The number of rotatable bonds is 3. The van der Waals surface area contributed by atoms with Crippen LogP contribution in [0.2, 0.25) is 0 Å². The Morgan fingerprint density at radius 1 is 1.67 bits per heavy atom. The summed E-state index contributed by atoms with van der Waals surface area (Å²) in [5.74, 6) is 0.152. The van der Waals surface area contributed by atoms with Gasteiger partial charge in [-0.1, -0.05) is 15.9 Å². The number of nitriles is 1. The van der Waals surface area contributed by atoms with E-state index in [4.69, 9.17) is 10.00 Å². The lowest BCUT2D eigenvalue weighted by Gasteiger charge is -2.05. The van der Waals surface area contributed by atoms with Gasteiger partial charge < -0.3 is 4.74 Å². The largest absolute Gasteiger partial charge is 0.490 e. The summed E-state index contributed by atoms with van der Waals surface area (Å²) in [5.41, 5.74) is 0.191. The van der Waals surface area contributed by atoms with E-state index in [2.05, 4.69) is 15.9 Å². The first-order chi connectivity index (χ1) is 7.10. The molecule has 0 N–H and O–H groups in total. The topological polar surface area (TPSA) is 76.2 Å². The van der Waals surface area contributed by atoms with Crippen molar-refractivity contribution in [3.8, 4) is 11.8 Å². The van der Waals surface area contributed by atoms with Crippen LogP contribution in [0.15, 0.2) is 16.6 Å². The highest BCUT2D eigenvalue weighted by Gasteiger charge is 2.21. The Kier molecular flexibility index (Phi) is 3.63. The molecule has 0 atom stereocenters. The highest BCUT2D eigenvalue weighted by Crippen LogP contribution is 2.34. The van der Waals surface area contributed by atoms with Crippen LogP contribution in [0, 0.1) is 21.4 Å². The zero-order valence-corrected chi connectivity index (χ0v) is 9.44. The van der Waals surface area contributed by atoms with Crippen LogP contribution >= 0.6 is 15.9 Å². The van der Waals surface area contributed by atoms with E-state index in [0.717, 1.165) is 0 Å². The molecule has 6 heteroatoms. The van der Waals surface area contributed by atoms with Gasteiger partial charge in [-0.3, -0.25) is 10.1 Å². The number of hydrogen-bond donors (Lipinski definition) is 0. The molecule has 0 radical (unpaired) electrons. The van der Waals surface area contributed by atoms with Crippen molar-refractivity contribution in [2.24, 2.45) is 0 Å². The highest BCUT2D eigenvalue weighted by atomic mass is 79.9. The summed E-state index contributed by atoms with van der Waals surface area (Å²) >= 11 is 3.20. The van der Waals surface area contributed by atoms with Gasteiger partial charge in [0.25, 0.3) is 0 Å². The molecule has 0 amide bonds. The molecule has 0 heterocycles. The minimum atomic E-state index is -0.544. The zero-order chi connectivity index (χ0) is 11.4. The molecule has 0 aliphatic heterocycles. The maximum Gasteiger partial charge on any atom is 0.315 e. The number of nitro groups is 1. The van der Waals surface area contributed by atoms with E-state index in [-0.39, 0.29) is 17.9 Å². The van der Waals surface area contributed by atoms with Crippen molar-refractivity contribution in [2.75, 3.05) is 7.11 Å². The average molecular weight is 271 g/mol. The van der Waals surface area contributed by atoms with Crippen LogP contribution in [0.25, 0.3) is 0 Å². The molecule has 1 rings (SSSR count). The maximum atomic E-state index is 10.8. The Hall–Kier alpha value is -1.61. The first kappa shape index (κ1) is 11.5. The predicted octanol–water partition coefficient (Wildman–Crippen LogP) is 2.43. The number of ether oxygens (including phenoxy) is 1. The molecule has 1 aromatic rings. The number of hydrogen-bond acceptors (Lipinski definition) is 4. The molecular formula is C9H7BrN2O3. The van der Waals surface area contributed by atoms with E-state index < -0.39 is 4.92 Å². The number of methoxy groups -OCH3 is 1. The summed E-state index contributed by atoms with van der Waals surface area (Å²) in [5, 5.41) is 19.3. The molecule has 0 spiro atoms. The van der Waals surface area contributed by atoms with Crippen molar-refractivity contribution in [1.82, 2.24) is 0 Å². The van der Waals surface area contributed by atoms with Gasteiger partial charge in [0, 0.05) is 16.1 Å². The van der Waals surface area contributed by atoms with Crippen molar-refractivity contribution in [1.29, 1.82) is 5.26 Å². The summed E-state index contributed by atoms with van der Waals surface area (Å²) in [6, 6.07) is 4.92. The number of halogens is 1. The lowest BCUT2D eigenvalue weighted by molar-refractivity contribution is -0.386. The SMILES string of the molecule is COc1cc(Br)cc(CC#N)c1[N+](=O)[O-]. The molecule has 5 nitrogen and oxygen atoms in total. The van der Waals surface area contributed by atoms with Crippen molar-refractivity contribution in [2.45, 2.75) is 6.42 Å². The van der Waals surface area contributed by atoms with Crippen LogP contribution in [-0.2, 0) is 6.42 Å². The molecular weight excluding hydrogens is 264 g/mol. The maximum absolute atomic E-state index is 10.8. The molecule has 0 aliphatic carbocycles. The minimum absolute atomic E-state index is 0.0217. The van der Waals surface area contributed by atoms with Gasteiger partial charge in [-0.2, -0.15) is 5.26 Å². The van der Waals surface area contributed by atoms with Gasteiger partial charge in [0.05, 0.1) is 24.5 Å². The molecule has 0 aromatic heterocycles. The summed E-state index contributed by atoms with van der Waals surface area (Å²) < 4.78 is 5.54. The summed E-state index contributed by atoms with van der Waals surface area (Å²) in [4.78, 5) is 10.2. The van der Waals surface area contributed by atoms with Crippen LogP contribution < -0.4 is 4.74 Å². The smallest absolute Gasteiger partial charge is 0.315 e. The summed E-state index contributed by atoms with van der Waals surface area (Å²) in [7, 11) is 1.35. The number of benzene rings is 1. The van der Waals surface area contributed by atoms with Gasteiger partial charge in [-0.25, -0.2) is 0 Å². The molecule has 0 saturated carbocycles.